The molecular formula is C10H15BrN2O3S. The van der Waals surface area contributed by atoms with E-state index in [1.54, 1.807) is 18.2 Å². The number of rotatable bonds is 6. The van der Waals surface area contributed by atoms with Gasteiger partial charge in [0, 0.05) is 29.6 Å². The van der Waals surface area contributed by atoms with Crippen LogP contribution in [0.4, 0.5) is 11.4 Å². The normalized spacial score (nSPS) is 11.4. The van der Waals surface area contributed by atoms with Gasteiger partial charge in [-0.2, -0.15) is 0 Å². The van der Waals surface area contributed by atoms with Crippen molar-refractivity contribution in [1.82, 2.24) is 0 Å². The zero-order valence-corrected chi connectivity index (χ0v) is 11.8. The minimum atomic E-state index is -3.33. The van der Waals surface area contributed by atoms with Crippen LogP contribution in [0.25, 0.3) is 0 Å². The Balaban J connectivity index is 2.66. The maximum absolute atomic E-state index is 11.7. The summed E-state index contributed by atoms with van der Waals surface area (Å²) in [6, 6.07) is 4.88. The second-order valence-electron chi connectivity index (χ2n) is 3.50. The number of anilines is 2. The first-order chi connectivity index (χ1) is 7.94. The number of nitrogens with two attached hydrogens (primary N) is 1. The molecule has 0 aliphatic carbocycles. The fourth-order valence-electron chi connectivity index (χ4n) is 1.21. The molecule has 0 aliphatic rings. The van der Waals surface area contributed by atoms with Crippen LogP contribution in [-0.2, 0) is 14.8 Å². The van der Waals surface area contributed by atoms with Gasteiger partial charge in [-0.15, -0.1) is 0 Å². The van der Waals surface area contributed by atoms with Crippen LogP contribution in [0.3, 0.4) is 0 Å². The summed E-state index contributed by atoms with van der Waals surface area (Å²) in [6.45, 7) is 0.423. The van der Waals surface area contributed by atoms with E-state index in [0.717, 1.165) is 0 Å². The topological polar surface area (TPSA) is 81.4 Å². The fourth-order valence-corrected chi connectivity index (χ4v) is 2.68. The lowest BCUT2D eigenvalue weighted by Gasteiger charge is -2.08. The Morgan fingerprint density at radius 1 is 1.47 bits per heavy atom. The summed E-state index contributed by atoms with van der Waals surface area (Å²) in [6.07, 6.45) is 0.460. The molecule has 7 heteroatoms. The molecule has 0 aromatic heterocycles. The van der Waals surface area contributed by atoms with Crippen molar-refractivity contribution in [3.63, 3.8) is 0 Å². The summed E-state index contributed by atoms with van der Waals surface area (Å²) in [4.78, 5) is 0. The van der Waals surface area contributed by atoms with Gasteiger partial charge in [0.2, 0.25) is 10.0 Å². The molecule has 0 aliphatic heterocycles. The molecule has 17 heavy (non-hydrogen) atoms. The van der Waals surface area contributed by atoms with E-state index < -0.39 is 10.0 Å². The zero-order valence-electron chi connectivity index (χ0n) is 9.44. The van der Waals surface area contributed by atoms with E-state index in [-0.39, 0.29) is 5.75 Å². The van der Waals surface area contributed by atoms with Crippen LogP contribution in [-0.4, -0.2) is 27.9 Å². The number of halogens is 1. The lowest BCUT2D eigenvalue weighted by molar-refractivity contribution is 0.199. The Hall–Kier alpha value is -0.790. The van der Waals surface area contributed by atoms with Gasteiger partial charge in [-0.25, -0.2) is 8.42 Å². The van der Waals surface area contributed by atoms with Gasteiger partial charge in [0.15, 0.2) is 0 Å². The first kappa shape index (κ1) is 14.3. The maximum atomic E-state index is 11.7. The van der Waals surface area contributed by atoms with E-state index in [1.807, 2.05) is 0 Å². The highest BCUT2D eigenvalue weighted by atomic mass is 79.9. The van der Waals surface area contributed by atoms with Crippen LogP contribution in [0.5, 0.6) is 0 Å². The molecule has 0 saturated heterocycles. The number of benzene rings is 1. The summed E-state index contributed by atoms with van der Waals surface area (Å²) < 4.78 is 31.3. The van der Waals surface area contributed by atoms with Crippen molar-refractivity contribution < 1.29 is 13.2 Å². The Bertz CT molecular complexity index is 476. The van der Waals surface area contributed by atoms with Gasteiger partial charge in [0.05, 0.1) is 5.75 Å². The van der Waals surface area contributed by atoms with Crippen LogP contribution < -0.4 is 10.5 Å². The molecule has 0 heterocycles. The zero-order chi connectivity index (χ0) is 12.9. The standard InChI is InChI=1S/C10H15BrN2O3S/c1-16-5-2-6-17(14,15)13-8-3-4-10(12)9(11)7-8/h3-4,7,13H,2,5-6,12H2,1H3. The Labute approximate surface area is 110 Å². The van der Waals surface area contributed by atoms with Crippen LogP contribution in [0.2, 0.25) is 0 Å². The van der Waals surface area contributed by atoms with Gasteiger partial charge in [-0.3, -0.25) is 4.72 Å². The second kappa shape index (κ2) is 6.23. The lowest BCUT2D eigenvalue weighted by atomic mass is 10.3. The molecule has 1 aromatic carbocycles. The van der Waals surface area contributed by atoms with E-state index in [9.17, 15) is 8.42 Å². The predicted molar refractivity (Wildman–Crippen MR) is 72.5 cm³/mol. The molecule has 5 nitrogen and oxygen atoms in total. The largest absolute Gasteiger partial charge is 0.398 e. The molecule has 0 spiro atoms. The van der Waals surface area contributed by atoms with Crippen molar-refractivity contribution in [3.8, 4) is 0 Å². The van der Waals surface area contributed by atoms with Crippen molar-refractivity contribution in [2.45, 2.75) is 6.42 Å². The summed E-state index contributed by atoms with van der Waals surface area (Å²) in [5, 5.41) is 0. The van der Waals surface area contributed by atoms with Crippen LogP contribution >= 0.6 is 15.9 Å². The fraction of sp³-hybridized carbons (Fsp3) is 0.400. The van der Waals surface area contributed by atoms with Crippen molar-refractivity contribution in [2.75, 3.05) is 29.9 Å². The molecule has 0 atom stereocenters. The van der Waals surface area contributed by atoms with Crippen molar-refractivity contribution in [1.29, 1.82) is 0 Å². The SMILES string of the molecule is COCCCS(=O)(=O)Nc1ccc(N)c(Br)c1. The summed E-state index contributed by atoms with van der Waals surface area (Å²) in [7, 11) is -1.79. The molecular weight excluding hydrogens is 308 g/mol. The van der Waals surface area contributed by atoms with Crippen molar-refractivity contribution >= 4 is 37.3 Å². The number of nitrogens with one attached hydrogen (secondary N) is 1. The minimum absolute atomic E-state index is 0.0306. The minimum Gasteiger partial charge on any atom is -0.398 e. The highest BCUT2D eigenvalue weighted by Gasteiger charge is 2.10. The quantitative estimate of drug-likeness (QED) is 0.618. The van der Waals surface area contributed by atoms with Crippen molar-refractivity contribution in [2.24, 2.45) is 0 Å². The second-order valence-corrected chi connectivity index (χ2v) is 6.20. The summed E-state index contributed by atoms with van der Waals surface area (Å²) in [5.74, 6) is 0.0306. The van der Waals surface area contributed by atoms with Crippen molar-refractivity contribution in [3.05, 3.63) is 22.7 Å². The molecule has 1 rings (SSSR count). The Morgan fingerprint density at radius 3 is 2.76 bits per heavy atom. The number of hydrogen-bond donors (Lipinski definition) is 2. The van der Waals surface area contributed by atoms with E-state index in [2.05, 4.69) is 20.7 Å². The maximum Gasteiger partial charge on any atom is 0.232 e. The first-order valence-electron chi connectivity index (χ1n) is 4.99. The predicted octanol–water partition coefficient (Wildman–Crippen LogP) is 1.81. The van der Waals surface area contributed by atoms with Gasteiger partial charge >= 0.3 is 0 Å². The number of sulfonamides is 1. The van der Waals surface area contributed by atoms with Gasteiger partial charge in [-0.05, 0) is 40.5 Å². The average molecular weight is 323 g/mol. The third kappa shape index (κ3) is 4.93. The van der Waals surface area contributed by atoms with Crippen LogP contribution in [0, 0.1) is 0 Å². The molecule has 0 radical (unpaired) electrons. The molecule has 0 fully saturated rings. The summed E-state index contributed by atoms with van der Waals surface area (Å²) in [5.41, 5.74) is 6.66. The average Bonchev–Trinajstić information content (AvgIpc) is 2.23. The Kier molecular flexibility index (Phi) is 5.23. The molecule has 0 bridgehead atoms. The third-order valence-electron chi connectivity index (χ3n) is 2.04. The molecule has 3 N–H and O–H groups in total. The highest BCUT2D eigenvalue weighted by Crippen LogP contribution is 2.23. The van der Waals surface area contributed by atoms with Crippen LogP contribution in [0.1, 0.15) is 6.42 Å². The van der Waals surface area contributed by atoms with E-state index in [0.29, 0.717) is 28.9 Å². The molecule has 1 aromatic rings. The molecule has 0 saturated carbocycles. The van der Waals surface area contributed by atoms with E-state index >= 15 is 0 Å². The molecule has 0 unspecified atom stereocenters. The van der Waals surface area contributed by atoms with E-state index in [1.165, 1.54) is 7.11 Å². The van der Waals surface area contributed by atoms with Gasteiger partial charge in [-0.1, -0.05) is 0 Å². The number of methoxy groups -OCH3 is 1. The van der Waals surface area contributed by atoms with Crippen LogP contribution in [0.15, 0.2) is 22.7 Å². The third-order valence-corrected chi connectivity index (χ3v) is 4.09. The number of hydrogen-bond acceptors (Lipinski definition) is 4. The number of ether oxygens (including phenoxy) is 1. The lowest BCUT2D eigenvalue weighted by Crippen LogP contribution is -2.17. The monoisotopic (exact) mass is 322 g/mol. The Morgan fingerprint density at radius 2 is 2.18 bits per heavy atom. The van der Waals surface area contributed by atoms with Gasteiger partial charge in [0.1, 0.15) is 0 Å². The van der Waals surface area contributed by atoms with E-state index in [4.69, 9.17) is 10.5 Å². The highest BCUT2D eigenvalue weighted by molar-refractivity contribution is 9.10. The van der Waals surface area contributed by atoms with Gasteiger partial charge < -0.3 is 10.5 Å². The number of nitrogen functional groups attached to an aromatic ring is 1. The summed E-state index contributed by atoms with van der Waals surface area (Å²) >= 11 is 3.24. The molecule has 0 amide bonds. The first-order valence-corrected chi connectivity index (χ1v) is 7.43. The smallest absolute Gasteiger partial charge is 0.232 e. The van der Waals surface area contributed by atoms with Gasteiger partial charge in [0.25, 0.3) is 0 Å². The molecule has 96 valence electrons.